The molecule has 0 heterocycles. The number of aliphatic carboxylic acids is 1. The Hall–Kier alpha value is -2.04. The van der Waals surface area contributed by atoms with Crippen LogP contribution < -0.4 is 5.32 Å². The van der Waals surface area contributed by atoms with Crippen molar-refractivity contribution in [2.24, 2.45) is 0 Å². The van der Waals surface area contributed by atoms with Crippen molar-refractivity contribution >= 4 is 12.1 Å². The molecule has 110 valence electrons. The van der Waals surface area contributed by atoms with Gasteiger partial charge in [-0.25, -0.2) is 9.59 Å². The summed E-state index contributed by atoms with van der Waals surface area (Å²) in [5.74, 6) is -1.09. The van der Waals surface area contributed by atoms with Gasteiger partial charge in [0.15, 0.2) is 0 Å². The molecule has 1 unspecified atom stereocenters. The van der Waals surface area contributed by atoms with Gasteiger partial charge >= 0.3 is 12.1 Å². The van der Waals surface area contributed by atoms with Gasteiger partial charge in [0.2, 0.25) is 0 Å². The molecule has 0 fully saturated rings. The first kappa shape index (κ1) is 16.0. The molecule has 1 rings (SSSR count). The lowest BCUT2D eigenvalue weighted by atomic mass is 10.0. The highest BCUT2D eigenvalue weighted by Gasteiger charge is 2.24. The number of hydrogen-bond acceptors (Lipinski definition) is 3. The van der Waals surface area contributed by atoms with E-state index < -0.39 is 23.7 Å². The van der Waals surface area contributed by atoms with E-state index in [9.17, 15) is 14.7 Å². The standard InChI is InChI=1S/C15H21NO4/c1-10-6-5-7-11(8-10)9-12(13(17)18)16-14(19)20-15(2,3)4/h5-8,12H,9H2,1-4H3,(H,16,19)(H,17,18). The molecule has 1 aromatic carbocycles. The van der Waals surface area contributed by atoms with Crippen LogP contribution in [0.25, 0.3) is 0 Å². The van der Waals surface area contributed by atoms with Crippen LogP contribution >= 0.6 is 0 Å². The summed E-state index contributed by atoms with van der Waals surface area (Å²) in [4.78, 5) is 22.9. The van der Waals surface area contributed by atoms with Gasteiger partial charge in [-0.3, -0.25) is 0 Å². The predicted molar refractivity (Wildman–Crippen MR) is 75.7 cm³/mol. The molecule has 0 spiro atoms. The lowest BCUT2D eigenvalue weighted by Crippen LogP contribution is -2.44. The van der Waals surface area contributed by atoms with Crippen LogP contribution in [0.2, 0.25) is 0 Å². The van der Waals surface area contributed by atoms with Crippen molar-refractivity contribution in [3.63, 3.8) is 0 Å². The van der Waals surface area contributed by atoms with Gasteiger partial charge in [0.1, 0.15) is 11.6 Å². The molecule has 1 atom stereocenters. The molecule has 5 heteroatoms. The maximum Gasteiger partial charge on any atom is 0.408 e. The van der Waals surface area contributed by atoms with Gasteiger partial charge in [-0.15, -0.1) is 0 Å². The third-order valence-electron chi connectivity index (χ3n) is 2.51. The second kappa shape index (κ2) is 6.41. The highest BCUT2D eigenvalue weighted by Crippen LogP contribution is 2.09. The summed E-state index contributed by atoms with van der Waals surface area (Å²) in [5.41, 5.74) is 1.24. The summed E-state index contributed by atoms with van der Waals surface area (Å²) in [6.07, 6.45) is -0.506. The van der Waals surface area contributed by atoms with Crippen LogP contribution in [0.3, 0.4) is 0 Å². The average molecular weight is 279 g/mol. The van der Waals surface area contributed by atoms with Gasteiger partial charge in [-0.05, 0) is 33.3 Å². The number of carboxylic acid groups (broad SMARTS) is 1. The Morgan fingerprint density at radius 2 is 2.00 bits per heavy atom. The molecular weight excluding hydrogens is 258 g/mol. The molecule has 0 radical (unpaired) electrons. The van der Waals surface area contributed by atoms with Crippen LogP contribution in [-0.2, 0) is 16.0 Å². The number of amides is 1. The van der Waals surface area contributed by atoms with Crippen LogP contribution in [0, 0.1) is 6.92 Å². The lowest BCUT2D eigenvalue weighted by molar-refractivity contribution is -0.139. The van der Waals surface area contributed by atoms with Gasteiger partial charge in [0.25, 0.3) is 0 Å². The summed E-state index contributed by atoms with van der Waals surface area (Å²) in [5, 5.41) is 11.6. The first-order valence-corrected chi connectivity index (χ1v) is 6.45. The molecular formula is C15H21NO4. The summed E-state index contributed by atoms with van der Waals surface area (Å²) in [6, 6.07) is 6.51. The van der Waals surface area contributed by atoms with E-state index in [1.54, 1.807) is 20.8 Å². The van der Waals surface area contributed by atoms with E-state index >= 15 is 0 Å². The molecule has 5 nitrogen and oxygen atoms in total. The third-order valence-corrected chi connectivity index (χ3v) is 2.51. The Labute approximate surface area is 118 Å². The van der Waals surface area contributed by atoms with Crippen molar-refractivity contribution < 1.29 is 19.4 Å². The number of carboxylic acids is 1. The fourth-order valence-corrected chi connectivity index (χ4v) is 1.72. The number of alkyl carbamates (subject to hydrolysis) is 1. The van der Waals surface area contributed by atoms with Crippen molar-refractivity contribution in [2.45, 2.75) is 45.8 Å². The fourth-order valence-electron chi connectivity index (χ4n) is 1.72. The van der Waals surface area contributed by atoms with E-state index in [4.69, 9.17) is 4.74 Å². The second-order valence-corrected chi connectivity index (χ2v) is 5.73. The molecule has 0 aliphatic rings. The zero-order valence-electron chi connectivity index (χ0n) is 12.3. The van der Waals surface area contributed by atoms with Crippen molar-refractivity contribution in [2.75, 3.05) is 0 Å². The van der Waals surface area contributed by atoms with Crippen LogP contribution in [-0.4, -0.2) is 28.8 Å². The molecule has 0 bridgehead atoms. The number of benzene rings is 1. The predicted octanol–water partition coefficient (Wildman–Crippen LogP) is 2.52. The molecule has 2 N–H and O–H groups in total. The monoisotopic (exact) mass is 279 g/mol. The van der Waals surface area contributed by atoms with Crippen LogP contribution in [0.1, 0.15) is 31.9 Å². The fraction of sp³-hybridized carbons (Fsp3) is 0.467. The highest BCUT2D eigenvalue weighted by atomic mass is 16.6. The Kier molecular flexibility index (Phi) is 5.13. The van der Waals surface area contributed by atoms with E-state index in [1.807, 2.05) is 31.2 Å². The number of carbonyl (C=O) groups is 2. The maximum absolute atomic E-state index is 11.6. The molecule has 20 heavy (non-hydrogen) atoms. The minimum atomic E-state index is -1.09. The van der Waals surface area contributed by atoms with Crippen molar-refractivity contribution in [3.05, 3.63) is 35.4 Å². The first-order chi connectivity index (χ1) is 9.17. The Bertz CT molecular complexity index is 491. The minimum absolute atomic E-state index is 0.219. The SMILES string of the molecule is Cc1cccc(CC(NC(=O)OC(C)(C)C)C(=O)O)c1. The van der Waals surface area contributed by atoms with Gasteiger partial charge in [-0.1, -0.05) is 29.8 Å². The number of hydrogen-bond donors (Lipinski definition) is 2. The highest BCUT2D eigenvalue weighted by molar-refractivity contribution is 5.80. The van der Waals surface area contributed by atoms with E-state index in [-0.39, 0.29) is 6.42 Å². The van der Waals surface area contributed by atoms with E-state index in [0.717, 1.165) is 11.1 Å². The van der Waals surface area contributed by atoms with Crippen LogP contribution in [0.5, 0.6) is 0 Å². The summed E-state index contributed by atoms with van der Waals surface area (Å²) in [7, 11) is 0. The molecule has 1 aromatic rings. The summed E-state index contributed by atoms with van der Waals surface area (Å²) in [6.45, 7) is 7.11. The second-order valence-electron chi connectivity index (χ2n) is 5.73. The quantitative estimate of drug-likeness (QED) is 0.888. The average Bonchev–Trinajstić information content (AvgIpc) is 2.25. The molecule has 0 saturated heterocycles. The number of aryl methyl sites for hydroxylation is 1. The molecule has 0 saturated carbocycles. The largest absolute Gasteiger partial charge is 0.480 e. The third kappa shape index (κ3) is 5.73. The van der Waals surface area contributed by atoms with E-state index in [2.05, 4.69) is 5.32 Å². The summed E-state index contributed by atoms with van der Waals surface area (Å²) < 4.78 is 5.07. The Morgan fingerprint density at radius 3 is 2.50 bits per heavy atom. The van der Waals surface area contributed by atoms with Gasteiger partial charge < -0.3 is 15.2 Å². The maximum atomic E-state index is 11.6. The van der Waals surface area contributed by atoms with Gasteiger partial charge in [-0.2, -0.15) is 0 Å². The number of carbonyl (C=O) groups excluding carboxylic acids is 1. The number of ether oxygens (including phenoxy) is 1. The van der Waals surface area contributed by atoms with E-state index in [0.29, 0.717) is 0 Å². The van der Waals surface area contributed by atoms with Crippen molar-refractivity contribution in [3.8, 4) is 0 Å². The first-order valence-electron chi connectivity index (χ1n) is 6.45. The van der Waals surface area contributed by atoms with Gasteiger partial charge in [0, 0.05) is 6.42 Å². The summed E-state index contributed by atoms with van der Waals surface area (Å²) >= 11 is 0. The zero-order chi connectivity index (χ0) is 15.3. The normalized spacial score (nSPS) is 12.6. The Balaban J connectivity index is 2.71. The lowest BCUT2D eigenvalue weighted by Gasteiger charge is -2.22. The molecule has 0 aliphatic heterocycles. The van der Waals surface area contributed by atoms with Crippen molar-refractivity contribution in [1.29, 1.82) is 0 Å². The number of nitrogens with one attached hydrogen (secondary N) is 1. The van der Waals surface area contributed by atoms with Crippen molar-refractivity contribution in [1.82, 2.24) is 5.32 Å². The zero-order valence-corrected chi connectivity index (χ0v) is 12.3. The molecule has 1 amide bonds. The smallest absolute Gasteiger partial charge is 0.408 e. The topological polar surface area (TPSA) is 75.6 Å². The van der Waals surface area contributed by atoms with Crippen LogP contribution in [0.4, 0.5) is 4.79 Å². The molecule has 0 aliphatic carbocycles. The molecule has 0 aromatic heterocycles. The van der Waals surface area contributed by atoms with Gasteiger partial charge in [0.05, 0.1) is 0 Å². The van der Waals surface area contributed by atoms with Crippen LogP contribution in [0.15, 0.2) is 24.3 Å². The minimum Gasteiger partial charge on any atom is -0.480 e. The van der Waals surface area contributed by atoms with E-state index in [1.165, 1.54) is 0 Å². The number of rotatable bonds is 4. The Morgan fingerprint density at radius 1 is 1.35 bits per heavy atom.